The summed E-state index contributed by atoms with van der Waals surface area (Å²) in [6, 6.07) is 0. The van der Waals surface area contributed by atoms with E-state index in [1.165, 1.54) is 25.1 Å². The Bertz CT molecular complexity index is 292. The Morgan fingerprint density at radius 3 is 3.27 bits per heavy atom. The first-order valence-corrected chi connectivity index (χ1v) is 6.65. The van der Waals surface area contributed by atoms with Gasteiger partial charge in [0.15, 0.2) is 5.13 Å². The molecule has 1 saturated heterocycles. The Hall–Kier alpha value is -0.610. The Balaban J connectivity index is 1.76. The molecule has 1 fully saturated rings. The third kappa shape index (κ3) is 3.18. The van der Waals surface area contributed by atoms with E-state index in [-0.39, 0.29) is 0 Å². The lowest BCUT2D eigenvalue weighted by atomic mass is 10.00. The zero-order chi connectivity index (χ0) is 10.5. The zero-order valence-corrected chi connectivity index (χ0v) is 10.1. The van der Waals surface area contributed by atoms with Crippen molar-refractivity contribution in [1.29, 1.82) is 0 Å². The first kappa shape index (κ1) is 10.9. The number of piperidine rings is 1. The van der Waals surface area contributed by atoms with E-state index in [1.54, 1.807) is 11.3 Å². The summed E-state index contributed by atoms with van der Waals surface area (Å²) < 4.78 is 0. The summed E-state index contributed by atoms with van der Waals surface area (Å²) >= 11 is 1.72. The number of aromatic nitrogens is 1. The molecular formula is C11H19N3S. The van der Waals surface area contributed by atoms with Crippen molar-refractivity contribution in [2.24, 2.45) is 5.92 Å². The van der Waals surface area contributed by atoms with Crippen LogP contribution in [0.1, 0.15) is 25.5 Å². The van der Waals surface area contributed by atoms with Crippen LogP contribution in [0.3, 0.4) is 0 Å². The summed E-state index contributed by atoms with van der Waals surface area (Å²) in [6.07, 6.45) is 3.68. The van der Waals surface area contributed by atoms with Crippen LogP contribution in [0.2, 0.25) is 0 Å². The number of anilines is 1. The Morgan fingerprint density at radius 2 is 2.60 bits per heavy atom. The van der Waals surface area contributed by atoms with Gasteiger partial charge in [-0.25, -0.2) is 4.98 Å². The molecule has 0 radical (unpaired) electrons. The largest absolute Gasteiger partial charge is 0.361 e. The van der Waals surface area contributed by atoms with E-state index < -0.39 is 0 Å². The fraction of sp³-hybridized carbons (Fsp3) is 0.727. The molecule has 15 heavy (non-hydrogen) atoms. The molecule has 1 atom stereocenters. The quantitative estimate of drug-likeness (QED) is 0.824. The Morgan fingerprint density at radius 1 is 1.67 bits per heavy atom. The van der Waals surface area contributed by atoms with Gasteiger partial charge in [-0.1, -0.05) is 6.92 Å². The minimum Gasteiger partial charge on any atom is -0.361 e. The molecule has 4 heteroatoms. The lowest BCUT2D eigenvalue weighted by Gasteiger charge is -2.22. The molecule has 84 valence electrons. The van der Waals surface area contributed by atoms with E-state index in [0.29, 0.717) is 0 Å². The Kier molecular flexibility index (Phi) is 3.97. The molecule has 0 saturated carbocycles. The van der Waals surface area contributed by atoms with Gasteiger partial charge < -0.3 is 10.6 Å². The molecule has 2 rings (SSSR count). The van der Waals surface area contributed by atoms with Crippen LogP contribution in [0, 0.1) is 5.92 Å². The number of nitrogens with zero attached hydrogens (tertiary/aromatic N) is 1. The summed E-state index contributed by atoms with van der Waals surface area (Å²) in [5.41, 5.74) is 1.20. The van der Waals surface area contributed by atoms with Crippen LogP contribution in [0.4, 0.5) is 5.13 Å². The molecule has 2 heterocycles. The van der Waals surface area contributed by atoms with Crippen LogP contribution in [0.5, 0.6) is 0 Å². The first-order chi connectivity index (χ1) is 7.38. The van der Waals surface area contributed by atoms with Crippen LogP contribution in [-0.2, 0) is 6.42 Å². The molecule has 0 amide bonds. The van der Waals surface area contributed by atoms with Gasteiger partial charge in [-0.05, 0) is 38.3 Å². The molecule has 1 aromatic rings. The molecule has 1 aromatic heterocycles. The third-order valence-corrected chi connectivity index (χ3v) is 3.70. The topological polar surface area (TPSA) is 37.0 Å². The van der Waals surface area contributed by atoms with Crippen molar-refractivity contribution in [3.63, 3.8) is 0 Å². The highest BCUT2D eigenvalue weighted by Crippen LogP contribution is 2.17. The van der Waals surface area contributed by atoms with Crippen LogP contribution in [-0.4, -0.2) is 24.6 Å². The SMILES string of the molecule is CCc1csc(NCC2CCCNC2)n1. The lowest BCUT2D eigenvalue weighted by molar-refractivity contribution is 0.393. The molecule has 1 aliphatic rings. The molecular weight excluding hydrogens is 206 g/mol. The van der Waals surface area contributed by atoms with Crippen LogP contribution in [0.15, 0.2) is 5.38 Å². The van der Waals surface area contributed by atoms with Gasteiger partial charge in [-0.2, -0.15) is 0 Å². The van der Waals surface area contributed by atoms with Gasteiger partial charge in [0, 0.05) is 11.9 Å². The van der Waals surface area contributed by atoms with Crippen LogP contribution >= 0.6 is 11.3 Å². The second-order valence-corrected chi connectivity index (χ2v) is 4.95. The number of hydrogen-bond acceptors (Lipinski definition) is 4. The zero-order valence-electron chi connectivity index (χ0n) is 9.25. The van der Waals surface area contributed by atoms with Crippen molar-refractivity contribution in [1.82, 2.24) is 10.3 Å². The van der Waals surface area contributed by atoms with Crippen LogP contribution < -0.4 is 10.6 Å². The third-order valence-electron chi connectivity index (χ3n) is 2.85. The number of nitrogens with one attached hydrogen (secondary N) is 2. The van der Waals surface area contributed by atoms with E-state index >= 15 is 0 Å². The maximum Gasteiger partial charge on any atom is 0.182 e. The fourth-order valence-electron chi connectivity index (χ4n) is 1.88. The number of thiazole rings is 1. The van der Waals surface area contributed by atoms with Crippen molar-refractivity contribution in [3.05, 3.63) is 11.1 Å². The van der Waals surface area contributed by atoms with Crippen LogP contribution in [0.25, 0.3) is 0 Å². The number of aryl methyl sites for hydroxylation is 1. The van der Waals surface area contributed by atoms with E-state index in [9.17, 15) is 0 Å². The molecule has 2 N–H and O–H groups in total. The Labute approximate surface area is 95.3 Å². The highest BCUT2D eigenvalue weighted by Gasteiger charge is 2.12. The molecule has 0 aromatic carbocycles. The van der Waals surface area contributed by atoms with Gasteiger partial charge in [-0.3, -0.25) is 0 Å². The molecule has 1 unspecified atom stereocenters. The summed E-state index contributed by atoms with van der Waals surface area (Å²) in [7, 11) is 0. The van der Waals surface area contributed by atoms with Gasteiger partial charge in [-0.15, -0.1) is 11.3 Å². The predicted molar refractivity (Wildman–Crippen MR) is 65.6 cm³/mol. The molecule has 0 bridgehead atoms. The summed E-state index contributed by atoms with van der Waals surface area (Å²) in [4.78, 5) is 4.50. The van der Waals surface area contributed by atoms with Crippen molar-refractivity contribution >= 4 is 16.5 Å². The smallest absolute Gasteiger partial charge is 0.182 e. The van der Waals surface area contributed by atoms with Gasteiger partial charge >= 0.3 is 0 Å². The number of hydrogen-bond donors (Lipinski definition) is 2. The van der Waals surface area contributed by atoms with Crippen molar-refractivity contribution < 1.29 is 0 Å². The van der Waals surface area contributed by atoms with Gasteiger partial charge in [0.1, 0.15) is 0 Å². The van der Waals surface area contributed by atoms with E-state index in [2.05, 4.69) is 27.9 Å². The van der Waals surface area contributed by atoms with Crippen molar-refractivity contribution in [3.8, 4) is 0 Å². The van der Waals surface area contributed by atoms with Crippen molar-refractivity contribution in [2.75, 3.05) is 25.0 Å². The monoisotopic (exact) mass is 225 g/mol. The van der Waals surface area contributed by atoms with Gasteiger partial charge in [0.05, 0.1) is 5.69 Å². The summed E-state index contributed by atoms with van der Waals surface area (Å²) in [5, 5.41) is 10.1. The average molecular weight is 225 g/mol. The summed E-state index contributed by atoms with van der Waals surface area (Å²) in [5.74, 6) is 0.771. The second-order valence-electron chi connectivity index (χ2n) is 4.09. The van der Waals surface area contributed by atoms with Crippen molar-refractivity contribution in [2.45, 2.75) is 26.2 Å². The molecule has 3 nitrogen and oxygen atoms in total. The van der Waals surface area contributed by atoms with E-state index in [0.717, 1.165) is 30.6 Å². The summed E-state index contributed by atoms with van der Waals surface area (Å²) in [6.45, 7) is 5.54. The maximum atomic E-state index is 4.50. The second kappa shape index (κ2) is 5.47. The first-order valence-electron chi connectivity index (χ1n) is 5.77. The molecule has 1 aliphatic heterocycles. The molecule has 0 aliphatic carbocycles. The van der Waals surface area contributed by atoms with E-state index in [4.69, 9.17) is 0 Å². The highest BCUT2D eigenvalue weighted by atomic mass is 32.1. The maximum absolute atomic E-state index is 4.50. The standard InChI is InChI=1S/C11H19N3S/c1-2-10-8-15-11(14-10)13-7-9-4-3-5-12-6-9/h8-9,12H,2-7H2,1H3,(H,13,14). The van der Waals surface area contributed by atoms with E-state index in [1.807, 2.05) is 0 Å². The highest BCUT2D eigenvalue weighted by molar-refractivity contribution is 7.13. The fourth-order valence-corrected chi connectivity index (χ4v) is 2.68. The van der Waals surface area contributed by atoms with Gasteiger partial charge in [0.2, 0.25) is 0 Å². The van der Waals surface area contributed by atoms with Gasteiger partial charge in [0.25, 0.3) is 0 Å². The predicted octanol–water partition coefficient (Wildman–Crippen LogP) is 2.12. The molecule has 0 spiro atoms. The lowest BCUT2D eigenvalue weighted by Crippen LogP contribution is -2.33. The minimum absolute atomic E-state index is 0.771. The number of rotatable bonds is 4. The normalized spacial score (nSPS) is 21.5. The average Bonchev–Trinajstić information content (AvgIpc) is 2.76. The minimum atomic E-state index is 0.771.